The number of hydrogen-bond donors (Lipinski definition) is 2. The van der Waals surface area contributed by atoms with Crippen LogP contribution in [0.5, 0.6) is 0 Å². The SMILES string of the molecule is O=C(CNc1cccc2ccccc12)Nc1ncc(Cc2ccccc2F)s1. The number of aromatic nitrogens is 1. The molecule has 4 rings (SSSR count). The van der Waals surface area contributed by atoms with Crippen LogP contribution in [0.15, 0.2) is 72.9 Å². The average molecular weight is 391 g/mol. The molecular weight excluding hydrogens is 373 g/mol. The molecule has 6 heteroatoms. The summed E-state index contributed by atoms with van der Waals surface area (Å²) >= 11 is 1.35. The Morgan fingerprint density at radius 3 is 2.68 bits per heavy atom. The van der Waals surface area contributed by atoms with E-state index in [-0.39, 0.29) is 18.3 Å². The van der Waals surface area contributed by atoms with Gasteiger partial charge in [0, 0.05) is 28.6 Å². The molecule has 0 saturated carbocycles. The second kappa shape index (κ2) is 8.19. The highest BCUT2D eigenvalue weighted by Gasteiger charge is 2.09. The van der Waals surface area contributed by atoms with Gasteiger partial charge in [-0.25, -0.2) is 9.37 Å². The number of amides is 1. The van der Waals surface area contributed by atoms with E-state index < -0.39 is 0 Å². The number of carbonyl (C=O) groups excluding carboxylic acids is 1. The summed E-state index contributed by atoms with van der Waals surface area (Å²) in [6.07, 6.45) is 2.12. The smallest absolute Gasteiger partial charge is 0.245 e. The number of nitrogens with one attached hydrogen (secondary N) is 2. The summed E-state index contributed by atoms with van der Waals surface area (Å²) < 4.78 is 13.8. The van der Waals surface area contributed by atoms with Crippen LogP contribution in [-0.2, 0) is 11.2 Å². The zero-order valence-electron chi connectivity index (χ0n) is 15.0. The summed E-state index contributed by atoms with van der Waals surface area (Å²) in [5.74, 6) is -0.416. The van der Waals surface area contributed by atoms with Gasteiger partial charge in [-0.15, -0.1) is 11.3 Å². The molecule has 4 nitrogen and oxygen atoms in total. The van der Waals surface area contributed by atoms with Gasteiger partial charge >= 0.3 is 0 Å². The molecule has 0 saturated heterocycles. The molecule has 0 spiro atoms. The minimum absolute atomic E-state index is 0.135. The van der Waals surface area contributed by atoms with Crippen LogP contribution in [0.25, 0.3) is 10.8 Å². The van der Waals surface area contributed by atoms with Crippen molar-refractivity contribution in [1.82, 2.24) is 4.98 Å². The van der Waals surface area contributed by atoms with Gasteiger partial charge in [0.05, 0.1) is 6.54 Å². The van der Waals surface area contributed by atoms with Gasteiger partial charge in [0.1, 0.15) is 5.82 Å². The predicted molar refractivity (Wildman–Crippen MR) is 112 cm³/mol. The zero-order chi connectivity index (χ0) is 19.3. The second-order valence-corrected chi connectivity index (χ2v) is 7.44. The third kappa shape index (κ3) is 4.18. The fraction of sp³-hybridized carbons (Fsp3) is 0.0909. The summed E-state index contributed by atoms with van der Waals surface area (Å²) in [4.78, 5) is 17.4. The van der Waals surface area contributed by atoms with Gasteiger partial charge in [0.25, 0.3) is 0 Å². The molecule has 0 atom stereocenters. The first-order valence-electron chi connectivity index (χ1n) is 8.88. The van der Waals surface area contributed by atoms with Crippen molar-refractivity contribution in [2.24, 2.45) is 0 Å². The molecule has 0 aliphatic carbocycles. The van der Waals surface area contributed by atoms with Crippen LogP contribution in [0.3, 0.4) is 0 Å². The number of nitrogens with zero attached hydrogens (tertiary/aromatic N) is 1. The van der Waals surface area contributed by atoms with Crippen LogP contribution < -0.4 is 10.6 Å². The summed E-state index contributed by atoms with van der Waals surface area (Å²) in [5, 5.41) is 8.67. The van der Waals surface area contributed by atoms with Crippen molar-refractivity contribution >= 4 is 38.8 Å². The molecule has 28 heavy (non-hydrogen) atoms. The van der Waals surface area contributed by atoms with Crippen LogP contribution in [-0.4, -0.2) is 17.4 Å². The van der Waals surface area contributed by atoms with Crippen molar-refractivity contribution in [3.05, 3.63) is 89.2 Å². The van der Waals surface area contributed by atoms with Crippen molar-refractivity contribution in [3.8, 4) is 0 Å². The Labute approximate surface area is 166 Å². The summed E-state index contributed by atoms with van der Waals surface area (Å²) in [5.41, 5.74) is 1.52. The summed E-state index contributed by atoms with van der Waals surface area (Å²) in [6, 6.07) is 20.6. The van der Waals surface area contributed by atoms with E-state index in [1.165, 1.54) is 17.4 Å². The molecule has 0 aliphatic heterocycles. The highest BCUT2D eigenvalue weighted by atomic mass is 32.1. The Morgan fingerprint density at radius 2 is 1.79 bits per heavy atom. The van der Waals surface area contributed by atoms with Gasteiger partial charge in [-0.2, -0.15) is 0 Å². The first-order chi connectivity index (χ1) is 13.7. The first-order valence-corrected chi connectivity index (χ1v) is 9.70. The van der Waals surface area contributed by atoms with Crippen molar-refractivity contribution < 1.29 is 9.18 Å². The highest BCUT2D eigenvalue weighted by molar-refractivity contribution is 7.15. The Morgan fingerprint density at radius 1 is 1.00 bits per heavy atom. The van der Waals surface area contributed by atoms with Crippen molar-refractivity contribution in [2.75, 3.05) is 17.2 Å². The number of thiazole rings is 1. The van der Waals surface area contributed by atoms with Crippen molar-refractivity contribution in [3.63, 3.8) is 0 Å². The normalized spacial score (nSPS) is 10.8. The molecule has 1 aromatic heterocycles. The minimum atomic E-state index is -0.235. The molecule has 2 N–H and O–H groups in total. The predicted octanol–water partition coefficient (Wildman–Crippen LogP) is 5.08. The van der Waals surface area contributed by atoms with Crippen molar-refractivity contribution in [2.45, 2.75) is 6.42 Å². The van der Waals surface area contributed by atoms with Crippen LogP contribution in [0.2, 0.25) is 0 Å². The Bertz CT molecular complexity index is 1120. The third-order valence-electron chi connectivity index (χ3n) is 4.35. The van der Waals surface area contributed by atoms with E-state index in [0.717, 1.165) is 21.3 Å². The molecule has 0 fully saturated rings. The lowest BCUT2D eigenvalue weighted by Gasteiger charge is -2.09. The quantitative estimate of drug-likeness (QED) is 0.482. The fourth-order valence-corrected chi connectivity index (χ4v) is 3.85. The maximum Gasteiger partial charge on any atom is 0.245 e. The molecule has 0 bridgehead atoms. The van der Waals surface area contributed by atoms with Gasteiger partial charge < -0.3 is 10.6 Å². The van der Waals surface area contributed by atoms with Gasteiger partial charge in [0.15, 0.2) is 5.13 Å². The van der Waals surface area contributed by atoms with E-state index in [0.29, 0.717) is 17.1 Å². The van der Waals surface area contributed by atoms with E-state index in [2.05, 4.69) is 15.6 Å². The van der Waals surface area contributed by atoms with Crippen LogP contribution in [0.4, 0.5) is 15.2 Å². The van der Waals surface area contributed by atoms with Crippen LogP contribution >= 0.6 is 11.3 Å². The monoisotopic (exact) mass is 391 g/mol. The lowest BCUT2D eigenvalue weighted by molar-refractivity contribution is -0.114. The zero-order valence-corrected chi connectivity index (χ0v) is 15.8. The first kappa shape index (κ1) is 18.1. The van der Waals surface area contributed by atoms with Gasteiger partial charge in [-0.1, -0.05) is 54.6 Å². The van der Waals surface area contributed by atoms with E-state index in [1.54, 1.807) is 24.4 Å². The lowest BCUT2D eigenvalue weighted by Crippen LogP contribution is -2.21. The average Bonchev–Trinajstić information content (AvgIpc) is 3.15. The molecule has 140 valence electrons. The number of rotatable bonds is 6. The summed E-state index contributed by atoms with van der Waals surface area (Å²) in [7, 11) is 0. The molecule has 4 aromatic rings. The van der Waals surface area contributed by atoms with Crippen LogP contribution in [0.1, 0.15) is 10.4 Å². The van der Waals surface area contributed by atoms with E-state index >= 15 is 0 Å². The Kier molecular flexibility index (Phi) is 5.30. The molecule has 0 radical (unpaired) electrons. The molecule has 0 unspecified atom stereocenters. The fourth-order valence-electron chi connectivity index (χ4n) is 3.00. The van der Waals surface area contributed by atoms with Crippen LogP contribution in [0, 0.1) is 5.82 Å². The number of fused-ring (bicyclic) bond motifs is 1. The number of halogens is 1. The third-order valence-corrected chi connectivity index (χ3v) is 5.26. The number of carbonyl (C=O) groups is 1. The number of benzene rings is 3. The number of hydrogen-bond acceptors (Lipinski definition) is 4. The van der Waals surface area contributed by atoms with Gasteiger partial charge in [-0.3, -0.25) is 4.79 Å². The standard InChI is InChI=1S/C22H18FN3OS/c23-19-10-4-2-7-16(19)12-17-13-25-22(28-17)26-21(27)14-24-20-11-5-8-15-6-1-3-9-18(15)20/h1-11,13,24H,12,14H2,(H,25,26,27). The minimum Gasteiger partial charge on any atom is -0.376 e. The molecular formula is C22H18FN3OS. The van der Waals surface area contributed by atoms with E-state index in [9.17, 15) is 9.18 Å². The maximum atomic E-state index is 13.8. The molecule has 0 aliphatic rings. The summed E-state index contributed by atoms with van der Waals surface area (Å²) in [6.45, 7) is 0.135. The lowest BCUT2D eigenvalue weighted by atomic mass is 10.1. The second-order valence-electron chi connectivity index (χ2n) is 6.33. The molecule has 3 aromatic carbocycles. The highest BCUT2D eigenvalue weighted by Crippen LogP contribution is 2.24. The molecule has 1 amide bonds. The van der Waals surface area contributed by atoms with E-state index in [4.69, 9.17) is 0 Å². The maximum absolute atomic E-state index is 13.8. The van der Waals surface area contributed by atoms with Gasteiger partial charge in [-0.05, 0) is 23.1 Å². The van der Waals surface area contributed by atoms with Gasteiger partial charge in [0.2, 0.25) is 5.91 Å². The largest absolute Gasteiger partial charge is 0.376 e. The number of anilines is 2. The Balaban J connectivity index is 1.37. The Hall–Kier alpha value is -3.25. The van der Waals surface area contributed by atoms with E-state index in [1.807, 2.05) is 42.5 Å². The van der Waals surface area contributed by atoms with Crippen molar-refractivity contribution in [1.29, 1.82) is 0 Å². The molecule has 1 heterocycles. The topological polar surface area (TPSA) is 54.0 Å².